The molecule has 1 aliphatic heterocycles. The van der Waals surface area contributed by atoms with Crippen molar-refractivity contribution in [1.29, 1.82) is 0 Å². The number of likely N-dealkylation sites (tertiary alicyclic amines) is 1. The second-order valence-corrected chi connectivity index (χ2v) is 5.03. The van der Waals surface area contributed by atoms with Crippen LogP contribution in [-0.2, 0) is 0 Å². The molecule has 0 aliphatic carbocycles. The van der Waals surface area contributed by atoms with Crippen molar-refractivity contribution in [2.45, 2.75) is 58.0 Å². The molecule has 1 saturated heterocycles. The van der Waals surface area contributed by atoms with Crippen LogP contribution < -0.4 is 5.32 Å². The molecule has 0 aromatic carbocycles. The van der Waals surface area contributed by atoms with Crippen molar-refractivity contribution < 1.29 is 0 Å². The van der Waals surface area contributed by atoms with E-state index in [2.05, 4.69) is 43.6 Å². The Labute approximate surface area is 101 Å². The first-order valence-electron chi connectivity index (χ1n) is 6.80. The van der Waals surface area contributed by atoms with Gasteiger partial charge in [-0.3, -0.25) is 4.90 Å². The number of piperidine rings is 1. The molecule has 2 unspecified atom stereocenters. The number of nitrogens with one attached hydrogen (secondary N) is 1. The monoisotopic (exact) mass is 224 g/mol. The van der Waals surface area contributed by atoms with Gasteiger partial charge in [-0.2, -0.15) is 0 Å². The lowest BCUT2D eigenvalue weighted by Gasteiger charge is -2.47. The molecule has 0 aromatic heterocycles. The highest BCUT2D eigenvalue weighted by Gasteiger charge is 2.36. The van der Waals surface area contributed by atoms with Crippen molar-refractivity contribution in [2.24, 2.45) is 0 Å². The highest BCUT2D eigenvalue weighted by Crippen LogP contribution is 2.27. The van der Waals surface area contributed by atoms with Crippen LogP contribution in [0, 0.1) is 0 Å². The fraction of sp³-hybridized carbons (Fsp3) is 0.857. The minimum atomic E-state index is 0.234. The Morgan fingerprint density at radius 1 is 1.31 bits per heavy atom. The van der Waals surface area contributed by atoms with Crippen LogP contribution in [0.1, 0.15) is 46.5 Å². The molecular weight excluding hydrogens is 196 g/mol. The summed E-state index contributed by atoms with van der Waals surface area (Å²) in [4.78, 5) is 2.66. The van der Waals surface area contributed by atoms with Gasteiger partial charge < -0.3 is 5.32 Å². The molecule has 94 valence electrons. The van der Waals surface area contributed by atoms with Crippen LogP contribution in [0.4, 0.5) is 0 Å². The van der Waals surface area contributed by atoms with Gasteiger partial charge in [-0.25, -0.2) is 0 Å². The van der Waals surface area contributed by atoms with Gasteiger partial charge in [0, 0.05) is 11.6 Å². The number of nitrogens with zero attached hydrogens (tertiary/aromatic N) is 1. The number of hydrogen-bond acceptors (Lipinski definition) is 2. The van der Waals surface area contributed by atoms with Crippen LogP contribution >= 0.6 is 0 Å². The Balaban J connectivity index is 2.75. The third-order valence-electron chi connectivity index (χ3n) is 4.12. The maximum absolute atomic E-state index is 4.00. The molecule has 0 saturated carbocycles. The van der Waals surface area contributed by atoms with E-state index in [9.17, 15) is 0 Å². The summed E-state index contributed by atoms with van der Waals surface area (Å²) >= 11 is 0. The minimum absolute atomic E-state index is 0.234. The van der Waals surface area contributed by atoms with E-state index in [-0.39, 0.29) is 5.54 Å². The zero-order chi connectivity index (χ0) is 12.0. The Morgan fingerprint density at radius 3 is 2.38 bits per heavy atom. The average Bonchev–Trinajstić information content (AvgIpc) is 2.36. The van der Waals surface area contributed by atoms with Crippen LogP contribution in [0.5, 0.6) is 0 Å². The zero-order valence-corrected chi connectivity index (χ0v) is 11.3. The SMILES string of the molecule is C=CC(NCC)C(C)(CC)N1CCCCC1. The van der Waals surface area contributed by atoms with Gasteiger partial charge in [0.15, 0.2) is 0 Å². The van der Waals surface area contributed by atoms with Crippen molar-refractivity contribution in [3.63, 3.8) is 0 Å². The average molecular weight is 224 g/mol. The summed E-state index contributed by atoms with van der Waals surface area (Å²) in [5.41, 5.74) is 0.234. The normalized spacial score (nSPS) is 23.7. The highest BCUT2D eigenvalue weighted by atomic mass is 15.2. The molecule has 2 atom stereocenters. The van der Waals surface area contributed by atoms with Crippen LogP contribution in [0.25, 0.3) is 0 Å². The molecule has 0 aromatic rings. The summed E-state index contributed by atoms with van der Waals surface area (Å²) in [5.74, 6) is 0. The predicted octanol–water partition coefficient (Wildman–Crippen LogP) is 2.81. The van der Waals surface area contributed by atoms with Crippen LogP contribution in [0.15, 0.2) is 12.7 Å². The van der Waals surface area contributed by atoms with Crippen molar-refractivity contribution in [3.05, 3.63) is 12.7 Å². The summed E-state index contributed by atoms with van der Waals surface area (Å²) in [6, 6.07) is 0.403. The number of likely N-dealkylation sites (N-methyl/N-ethyl adjacent to an activating group) is 1. The summed E-state index contributed by atoms with van der Waals surface area (Å²) in [5, 5.41) is 3.56. The lowest BCUT2D eigenvalue weighted by molar-refractivity contribution is 0.0570. The molecule has 2 heteroatoms. The van der Waals surface area contributed by atoms with E-state index in [1.165, 1.54) is 38.8 Å². The molecule has 0 amide bonds. The van der Waals surface area contributed by atoms with Gasteiger partial charge in [0.1, 0.15) is 0 Å². The topological polar surface area (TPSA) is 15.3 Å². The summed E-state index contributed by atoms with van der Waals surface area (Å²) in [6.07, 6.45) is 7.37. The largest absolute Gasteiger partial charge is 0.309 e. The van der Waals surface area contributed by atoms with E-state index in [1.807, 2.05) is 0 Å². The third kappa shape index (κ3) is 2.86. The molecule has 2 nitrogen and oxygen atoms in total. The van der Waals surface area contributed by atoms with Gasteiger partial charge >= 0.3 is 0 Å². The summed E-state index contributed by atoms with van der Waals surface area (Å²) < 4.78 is 0. The molecule has 1 aliphatic rings. The van der Waals surface area contributed by atoms with E-state index < -0.39 is 0 Å². The first-order valence-corrected chi connectivity index (χ1v) is 6.80. The molecule has 1 heterocycles. The molecule has 0 bridgehead atoms. The Hall–Kier alpha value is -0.340. The van der Waals surface area contributed by atoms with E-state index in [4.69, 9.17) is 0 Å². The summed E-state index contributed by atoms with van der Waals surface area (Å²) in [6.45, 7) is 14.4. The number of rotatable bonds is 6. The van der Waals surface area contributed by atoms with Gasteiger partial charge in [-0.1, -0.05) is 26.3 Å². The van der Waals surface area contributed by atoms with Crippen LogP contribution in [0.3, 0.4) is 0 Å². The molecule has 1 rings (SSSR count). The van der Waals surface area contributed by atoms with E-state index in [1.54, 1.807) is 0 Å². The quantitative estimate of drug-likeness (QED) is 0.698. The molecule has 0 spiro atoms. The Morgan fingerprint density at radius 2 is 1.94 bits per heavy atom. The van der Waals surface area contributed by atoms with E-state index >= 15 is 0 Å². The first-order chi connectivity index (χ1) is 7.69. The van der Waals surface area contributed by atoms with E-state index in [0.29, 0.717) is 6.04 Å². The maximum atomic E-state index is 4.00. The Kier molecular flexibility index (Phi) is 5.50. The van der Waals surface area contributed by atoms with Crippen molar-refractivity contribution >= 4 is 0 Å². The predicted molar refractivity (Wildman–Crippen MR) is 71.8 cm³/mol. The minimum Gasteiger partial charge on any atom is -0.309 e. The lowest BCUT2D eigenvalue weighted by atomic mass is 9.85. The Bertz CT molecular complexity index is 209. The fourth-order valence-corrected chi connectivity index (χ4v) is 2.82. The molecule has 16 heavy (non-hydrogen) atoms. The van der Waals surface area contributed by atoms with Crippen LogP contribution in [-0.4, -0.2) is 36.1 Å². The zero-order valence-electron chi connectivity index (χ0n) is 11.3. The molecular formula is C14H28N2. The summed E-state index contributed by atoms with van der Waals surface area (Å²) in [7, 11) is 0. The number of hydrogen-bond donors (Lipinski definition) is 1. The van der Waals surface area contributed by atoms with Gasteiger partial charge in [0.25, 0.3) is 0 Å². The van der Waals surface area contributed by atoms with Crippen molar-refractivity contribution in [2.75, 3.05) is 19.6 Å². The third-order valence-corrected chi connectivity index (χ3v) is 4.12. The molecule has 1 fully saturated rings. The lowest BCUT2D eigenvalue weighted by Crippen LogP contribution is -2.59. The smallest absolute Gasteiger partial charge is 0.0431 e. The molecule has 0 radical (unpaired) electrons. The second kappa shape index (κ2) is 6.41. The first kappa shape index (κ1) is 13.7. The van der Waals surface area contributed by atoms with Crippen molar-refractivity contribution in [3.8, 4) is 0 Å². The van der Waals surface area contributed by atoms with Gasteiger partial charge in [-0.15, -0.1) is 6.58 Å². The van der Waals surface area contributed by atoms with Gasteiger partial charge in [0.2, 0.25) is 0 Å². The van der Waals surface area contributed by atoms with Gasteiger partial charge in [-0.05, 0) is 45.8 Å². The standard InChI is InChI=1S/C14H28N2/c1-5-13(15-7-3)14(4,6-2)16-11-9-8-10-12-16/h5,13,15H,1,6-12H2,2-4H3. The highest BCUT2D eigenvalue weighted by molar-refractivity contribution is 5.05. The van der Waals surface area contributed by atoms with Crippen LogP contribution in [0.2, 0.25) is 0 Å². The molecule has 1 N–H and O–H groups in total. The van der Waals surface area contributed by atoms with E-state index in [0.717, 1.165) is 6.54 Å². The van der Waals surface area contributed by atoms with Crippen molar-refractivity contribution in [1.82, 2.24) is 10.2 Å². The second-order valence-electron chi connectivity index (χ2n) is 5.03. The van der Waals surface area contributed by atoms with Gasteiger partial charge in [0.05, 0.1) is 0 Å². The maximum Gasteiger partial charge on any atom is 0.0431 e. The fourth-order valence-electron chi connectivity index (χ4n) is 2.82.